The van der Waals surface area contributed by atoms with Gasteiger partial charge in [-0.2, -0.15) is 0 Å². The molecule has 0 bridgehead atoms. The Morgan fingerprint density at radius 2 is 2.20 bits per heavy atom. The molecule has 0 aliphatic carbocycles. The van der Waals surface area contributed by atoms with Crippen molar-refractivity contribution in [3.8, 4) is 0 Å². The fraction of sp³-hybridized carbons (Fsp3) is 0.500. The third-order valence-corrected chi connectivity index (χ3v) is 3.05. The first-order valence-electron chi connectivity index (χ1n) is 6.11. The summed E-state index contributed by atoms with van der Waals surface area (Å²) in [6, 6.07) is 6.64. The summed E-state index contributed by atoms with van der Waals surface area (Å²) in [6.45, 7) is 3.35. The van der Waals surface area contributed by atoms with E-state index in [-0.39, 0.29) is 0 Å². The lowest BCUT2D eigenvalue weighted by molar-refractivity contribution is 0.714. The zero-order chi connectivity index (χ0) is 10.5. The Morgan fingerprint density at radius 3 is 3.07 bits per heavy atom. The first-order chi connectivity index (χ1) is 7.42. The smallest absolute Gasteiger partial charge is 0.0378 e. The minimum atomic E-state index is 1.09. The molecule has 81 valence electrons. The van der Waals surface area contributed by atoms with Crippen molar-refractivity contribution in [1.29, 1.82) is 0 Å². The molecule has 0 saturated heterocycles. The van der Waals surface area contributed by atoms with Gasteiger partial charge in [0.15, 0.2) is 0 Å². The largest absolute Gasteiger partial charge is 0.385 e. The fourth-order valence-corrected chi connectivity index (χ4v) is 2.22. The molecule has 0 aromatic heterocycles. The predicted molar refractivity (Wildman–Crippen MR) is 66.2 cm³/mol. The molecule has 1 N–H and O–H groups in total. The first kappa shape index (κ1) is 10.5. The number of hydrogen-bond donors (Lipinski definition) is 1. The van der Waals surface area contributed by atoms with Crippen LogP contribution in [0.2, 0.25) is 0 Å². The van der Waals surface area contributed by atoms with Crippen LogP contribution in [0, 0.1) is 6.42 Å². The van der Waals surface area contributed by atoms with Gasteiger partial charge in [-0.1, -0.05) is 31.9 Å². The van der Waals surface area contributed by atoms with Gasteiger partial charge in [0.25, 0.3) is 0 Å². The molecule has 1 aromatic rings. The van der Waals surface area contributed by atoms with E-state index >= 15 is 0 Å². The molecule has 1 heterocycles. The molecule has 0 fully saturated rings. The zero-order valence-corrected chi connectivity index (χ0v) is 9.55. The van der Waals surface area contributed by atoms with Crippen molar-refractivity contribution < 1.29 is 0 Å². The Morgan fingerprint density at radius 1 is 1.27 bits per heavy atom. The van der Waals surface area contributed by atoms with E-state index in [2.05, 4.69) is 36.9 Å². The lowest BCUT2D eigenvalue weighted by Crippen LogP contribution is -2.12. The van der Waals surface area contributed by atoms with Gasteiger partial charge in [-0.25, -0.2) is 0 Å². The summed E-state index contributed by atoms with van der Waals surface area (Å²) in [7, 11) is 0. The van der Waals surface area contributed by atoms with Gasteiger partial charge in [-0.05, 0) is 42.9 Å². The van der Waals surface area contributed by atoms with Crippen molar-refractivity contribution in [2.24, 2.45) is 0 Å². The Balaban J connectivity index is 2.09. The number of unbranched alkanes of at least 4 members (excludes halogenated alkanes) is 2. The Hall–Kier alpha value is -0.980. The van der Waals surface area contributed by atoms with Crippen LogP contribution in [-0.4, -0.2) is 6.54 Å². The van der Waals surface area contributed by atoms with Crippen molar-refractivity contribution in [3.63, 3.8) is 0 Å². The lowest BCUT2D eigenvalue weighted by atomic mass is 9.94. The topological polar surface area (TPSA) is 12.0 Å². The quantitative estimate of drug-likeness (QED) is 0.732. The summed E-state index contributed by atoms with van der Waals surface area (Å²) in [5.74, 6) is 0. The number of anilines is 1. The normalized spacial score (nSPS) is 14.5. The van der Waals surface area contributed by atoms with E-state index in [0.717, 1.165) is 13.0 Å². The second kappa shape index (κ2) is 5.20. The van der Waals surface area contributed by atoms with Crippen LogP contribution < -0.4 is 5.32 Å². The van der Waals surface area contributed by atoms with Crippen LogP contribution in [-0.2, 0) is 6.42 Å². The summed E-state index contributed by atoms with van der Waals surface area (Å²) >= 11 is 0. The second-order valence-corrected chi connectivity index (χ2v) is 4.26. The third-order valence-electron chi connectivity index (χ3n) is 3.05. The van der Waals surface area contributed by atoms with Crippen LogP contribution >= 0.6 is 0 Å². The SMILES string of the molecule is CCCCCc1cccc2c1[CH]CCN2. The molecule has 1 aromatic carbocycles. The van der Waals surface area contributed by atoms with E-state index in [1.54, 1.807) is 0 Å². The molecule has 0 amide bonds. The molecular formula is C14H20N. The molecule has 1 heteroatoms. The molecule has 0 atom stereocenters. The van der Waals surface area contributed by atoms with Crippen LogP contribution in [0.1, 0.15) is 43.7 Å². The van der Waals surface area contributed by atoms with Gasteiger partial charge in [0, 0.05) is 12.2 Å². The Kier molecular flexibility index (Phi) is 3.65. The standard InChI is InChI=1S/C14H20N/c1-2-3-4-7-12-8-5-10-14-13(12)9-6-11-15-14/h5,8-10,15H,2-4,6-7,11H2,1H3. The van der Waals surface area contributed by atoms with Gasteiger partial charge >= 0.3 is 0 Å². The first-order valence-corrected chi connectivity index (χ1v) is 6.11. The average molecular weight is 202 g/mol. The zero-order valence-electron chi connectivity index (χ0n) is 9.55. The van der Waals surface area contributed by atoms with Gasteiger partial charge in [0.1, 0.15) is 0 Å². The average Bonchev–Trinajstić information content (AvgIpc) is 2.30. The van der Waals surface area contributed by atoms with Crippen LogP contribution in [0.25, 0.3) is 0 Å². The van der Waals surface area contributed by atoms with E-state index in [0.29, 0.717) is 0 Å². The number of fused-ring (bicyclic) bond motifs is 1. The van der Waals surface area contributed by atoms with Crippen molar-refractivity contribution in [1.82, 2.24) is 0 Å². The fourth-order valence-electron chi connectivity index (χ4n) is 2.22. The highest BCUT2D eigenvalue weighted by Gasteiger charge is 2.11. The maximum Gasteiger partial charge on any atom is 0.0378 e. The summed E-state index contributed by atoms with van der Waals surface area (Å²) in [6.07, 6.45) is 8.75. The summed E-state index contributed by atoms with van der Waals surface area (Å²) in [5, 5.41) is 3.46. The summed E-state index contributed by atoms with van der Waals surface area (Å²) in [4.78, 5) is 0. The van der Waals surface area contributed by atoms with E-state index in [1.807, 2.05) is 0 Å². The van der Waals surface area contributed by atoms with Gasteiger partial charge in [0.05, 0.1) is 0 Å². The van der Waals surface area contributed by atoms with Crippen LogP contribution in [0.15, 0.2) is 18.2 Å². The number of aryl methyl sites for hydroxylation is 1. The highest BCUT2D eigenvalue weighted by molar-refractivity contribution is 5.60. The molecule has 15 heavy (non-hydrogen) atoms. The highest BCUT2D eigenvalue weighted by atomic mass is 14.9. The molecule has 1 aliphatic rings. The Bertz CT molecular complexity index is 317. The van der Waals surface area contributed by atoms with Gasteiger partial charge in [-0.3, -0.25) is 0 Å². The van der Waals surface area contributed by atoms with Gasteiger partial charge < -0.3 is 5.32 Å². The highest BCUT2D eigenvalue weighted by Crippen LogP contribution is 2.27. The maximum absolute atomic E-state index is 3.46. The number of benzene rings is 1. The molecular weight excluding hydrogens is 182 g/mol. The lowest BCUT2D eigenvalue weighted by Gasteiger charge is -2.20. The Labute approximate surface area is 92.9 Å². The monoisotopic (exact) mass is 202 g/mol. The molecule has 1 radical (unpaired) electrons. The van der Waals surface area contributed by atoms with E-state index in [9.17, 15) is 0 Å². The minimum absolute atomic E-state index is 1.09. The van der Waals surface area contributed by atoms with Gasteiger partial charge in [-0.15, -0.1) is 0 Å². The molecule has 1 nitrogen and oxygen atoms in total. The molecule has 0 unspecified atom stereocenters. The van der Waals surface area contributed by atoms with Crippen LogP contribution in [0.5, 0.6) is 0 Å². The van der Waals surface area contributed by atoms with E-state index < -0.39 is 0 Å². The van der Waals surface area contributed by atoms with E-state index in [1.165, 1.54) is 42.5 Å². The van der Waals surface area contributed by atoms with Crippen molar-refractivity contribution >= 4 is 5.69 Å². The van der Waals surface area contributed by atoms with Crippen molar-refractivity contribution in [2.45, 2.75) is 39.0 Å². The van der Waals surface area contributed by atoms with E-state index in [4.69, 9.17) is 0 Å². The number of rotatable bonds is 4. The number of nitrogens with one attached hydrogen (secondary N) is 1. The maximum atomic E-state index is 3.46. The van der Waals surface area contributed by atoms with Crippen LogP contribution in [0.3, 0.4) is 0 Å². The number of hydrogen-bond acceptors (Lipinski definition) is 1. The predicted octanol–water partition coefficient (Wildman–Crippen LogP) is 3.79. The molecule has 1 aliphatic heterocycles. The van der Waals surface area contributed by atoms with Crippen LogP contribution in [0.4, 0.5) is 5.69 Å². The minimum Gasteiger partial charge on any atom is -0.385 e. The summed E-state index contributed by atoms with van der Waals surface area (Å²) < 4.78 is 0. The van der Waals surface area contributed by atoms with Gasteiger partial charge in [0.2, 0.25) is 0 Å². The third kappa shape index (κ3) is 2.53. The van der Waals surface area contributed by atoms with Crippen molar-refractivity contribution in [3.05, 3.63) is 35.7 Å². The summed E-state index contributed by atoms with van der Waals surface area (Å²) in [5.41, 5.74) is 4.31. The molecule has 0 spiro atoms. The molecule has 0 saturated carbocycles. The molecule has 2 rings (SSSR count). The van der Waals surface area contributed by atoms with Crippen molar-refractivity contribution in [2.75, 3.05) is 11.9 Å². The second-order valence-electron chi connectivity index (χ2n) is 4.26.